The van der Waals surface area contributed by atoms with Crippen molar-refractivity contribution in [1.82, 2.24) is 0 Å². The third kappa shape index (κ3) is 2.41. The Morgan fingerprint density at radius 2 is 1.72 bits per heavy atom. The fourth-order valence-electron chi connectivity index (χ4n) is 4.25. The highest BCUT2D eigenvalue weighted by Crippen LogP contribution is 2.48. The lowest BCUT2D eigenvalue weighted by Gasteiger charge is -2.45. The van der Waals surface area contributed by atoms with E-state index in [0.29, 0.717) is 33.2 Å². The summed E-state index contributed by atoms with van der Waals surface area (Å²) >= 11 is 6.29. The summed E-state index contributed by atoms with van der Waals surface area (Å²) in [5.41, 5.74) is 3.62. The van der Waals surface area contributed by atoms with Crippen molar-refractivity contribution < 1.29 is 9.59 Å². The number of aryl methyl sites for hydroxylation is 2. The zero-order valence-corrected chi connectivity index (χ0v) is 16.7. The zero-order valence-electron chi connectivity index (χ0n) is 15.9. The molecule has 1 spiro atoms. The molecule has 5 nitrogen and oxygen atoms in total. The maximum Gasteiger partial charge on any atom is 0.276 e. The lowest BCUT2D eigenvalue weighted by molar-refractivity contribution is -0.119. The molecule has 3 aromatic rings. The SMILES string of the molecule is Cc1ccc(N2C(=O)c3ccccc3NC23C(=O)Nc2ccc(Cl)cc23)c(C)c1. The Kier molecular flexibility index (Phi) is 3.73. The van der Waals surface area contributed by atoms with E-state index in [2.05, 4.69) is 10.6 Å². The summed E-state index contributed by atoms with van der Waals surface area (Å²) in [6.07, 6.45) is 0. The summed E-state index contributed by atoms with van der Waals surface area (Å²) < 4.78 is 0. The number of fused-ring (bicyclic) bond motifs is 3. The molecule has 2 N–H and O–H groups in total. The minimum Gasteiger partial charge on any atom is -0.350 e. The van der Waals surface area contributed by atoms with Crippen molar-refractivity contribution in [3.63, 3.8) is 0 Å². The van der Waals surface area contributed by atoms with Gasteiger partial charge in [-0.1, -0.05) is 41.4 Å². The van der Waals surface area contributed by atoms with Gasteiger partial charge in [-0.05, 0) is 55.8 Å². The largest absolute Gasteiger partial charge is 0.350 e. The van der Waals surface area contributed by atoms with Gasteiger partial charge in [0.1, 0.15) is 0 Å². The van der Waals surface area contributed by atoms with E-state index in [0.717, 1.165) is 11.1 Å². The Balaban J connectivity index is 1.84. The van der Waals surface area contributed by atoms with Gasteiger partial charge in [0.2, 0.25) is 5.66 Å². The van der Waals surface area contributed by atoms with Crippen molar-refractivity contribution in [2.45, 2.75) is 19.5 Å². The van der Waals surface area contributed by atoms with Crippen LogP contribution in [0.25, 0.3) is 0 Å². The number of halogens is 1. The first kappa shape index (κ1) is 17.8. The average Bonchev–Trinajstić information content (AvgIpc) is 2.95. The van der Waals surface area contributed by atoms with Crippen molar-refractivity contribution in [1.29, 1.82) is 0 Å². The third-order valence-corrected chi connectivity index (χ3v) is 5.79. The quantitative estimate of drug-likeness (QED) is 0.611. The van der Waals surface area contributed by atoms with Crippen LogP contribution in [0.5, 0.6) is 0 Å². The minimum absolute atomic E-state index is 0.241. The summed E-state index contributed by atoms with van der Waals surface area (Å²) in [6.45, 7) is 3.94. The summed E-state index contributed by atoms with van der Waals surface area (Å²) in [7, 11) is 0. The second kappa shape index (κ2) is 6.09. The molecule has 0 aromatic heterocycles. The van der Waals surface area contributed by atoms with Crippen LogP contribution in [-0.4, -0.2) is 11.8 Å². The molecule has 0 saturated heterocycles. The first-order valence-electron chi connectivity index (χ1n) is 9.32. The first-order chi connectivity index (χ1) is 13.9. The zero-order chi connectivity index (χ0) is 20.3. The van der Waals surface area contributed by atoms with E-state index in [4.69, 9.17) is 11.6 Å². The number of nitrogens with zero attached hydrogens (tertiary/aromatic N) is 1. The highest BCUT2D eigenvalue weighted by molar-refractivity contribution is 6.31. The average molecular weight is 404 g/mol. The van der Waals surface area contributed by atoms with E-state index in [1.807, 2.05) is 50.2 Å². The Morgan fingerprint density at radius 1 is 0.931 bits per heavy atom. The van der Waals surface area contributed by atoms with E-state index in [9.17, 15) is 9.59 Å². The molecule has 1 atom stereocenters. The maximum atomic E-state index is 13.7. The normalized spacial score (nSPS) is 19.6. The van der Waals surface area contributed by atoms with Gasteiger partial charge in [-0.3, -0.25) is 14.5 Å². The van der Waals surface area contributed by atoms with E-state index in [1.165, 1.54) is 0 Å². The Bertz CT molecular complexity index is 1210. The molecule has 0 bridgehead atoms. The molecule has 2 aliphatic heterocycles. The van der Waals surface area contributed by atoms with Crippen molar-refractivity contribution >= 4 is 40.5 Å². The van der Waals surface area contributed by atoms with E-state index in [1.54, 1.807) is 29.2 Å². The Morgan fingerprint density at radius 3 is 2.52 bits per heavy atom. The highest BCUT2D eigenvalue weighted by Gasteiger charge is 2.57. The van der Waals surface area contributed by atoms with Crippen molar-refractivity contribution in [2.75, 3.05) is 15.5 Å². The second-order valence-electron chi connectivity index (χ2n) is 7.46. The molecule has 2 amide bonds. The van der Waals surface area contributed by atoms with Crippen molar-refractivity contribution in [3.8, 4) is 0 Å². The summed E-state index contributed by atoms with van der Waals surface area (Å²) in [5, 5.41) is 6.77. The summed E-state index contributed by atoms with van der Waals surface area (Å²) in [5.74, 6) is -0.563. The predicted octanol–water partition coefficient (Wildman–Crippen LogP) is 4.83. The lowest BCUT2D eigenvalue weighted by atomic mass is 9.91. The van der Waals surface area contributed by atoms with Crippen LogP contribution in [0.4, 0.5) is 17.1 Å². The topological polar surface area (TPSA) is 61.4 Å². The van der Waals surface area contributed by atoms with Crippen LogP contribution in [0.2, 0.25) is 5.02 Å². The number of benzene rings is 3. The fraction of sp³-hybridized carbons (Fsp3) is 0.130. The van der Waals surface area contributed by atoms with Gasteiger partial charge in [0, 0.05) is 22.0 Å². The number of nitrogens with one attached hydrogen (secondary N) is 2. The Hall–Kier alpha value is -3.31. The molecule has 29 heavy (non-hydrogen) atoms. The number of hydrogen-bond donors (Lipinski definition) is 2. The number of rotatable bonds is 1. The number of carbonyl (C=O) groups is 2. The Labute approximate surface area is 173 Å². The molecule has 2 aliphatic rings. The molecule has 3 aromatic carbocycles. The van der Waals surface area contributed by atoms with Crippen molar-refractivity contribution in [2.24, 2.45) is 0 Å². The highest BCUT2D eigenvalue weighted by atomic mass is 35.5. The molecule has 0 fully saturated rings. The van der Waals surface area contributed by atoms with Crippen molar-refractivity contribution in [3.05, 3.63) is 87.9 Å². The molecule has 0 aliphatic carbocycles. The second-order valence-corrected chi connectivity index (χ2v) is 7.89. The van der Waals surface area contributed by atoms with Crippen LogP contribution >= 0.6 is 11.6 Å². The van der Waals surface area contributed by atoms with Gasteiger partial charge in [0.25, 0.3) is 11.8 Å². The van der Waals surface area contributed by atoms with E-state index in [-0.39, 0.29) is 11.8 Å². The molecule has 0 radical (unpaired) electrons. The van der Waals surface area contributed by atoms with Gasteiger partial charge in [-0.25, -0.2) is 0 Å². The van der Waals surface area contributed by atoms with Crippen LogP contribution < -0.4 is 15.5 Å². The lowest BCUT2D eigenvalue weighted by Crippen LogP contribution is -2.62. The predicted molar refractivity (Wildman–Crippen MR) is 115 cm³/mol. The minimum atomic E-state index is -1.42. The van der Waals surface area contributed by atoms with E-state index >= 15 is 0 Å². The summed E-state index contributed by atoms with van der Waals surface area (Å²) in [4.78, 5) is 28.7. The number of hydrogen-bond acceptors (Lipinski definition) is 3. The van der Waals surface area contributed by atoms with E-state index < -0.39 is 5.66 Å². The smallest absolute Gasteiger partial charge is 0.276 e. The van der Waals surface area contributed by atoms with Crippen LogP contribution in [0.1, 0.15) is 27.0 Å². The van der Waals surface area contributed by atoms with Gasteiger partial charge in [0.05, 0.1) is 11.3 Å². The number of para-hydroxylation sites is 1. The molecular formula is C23H18ClN3O2. The van der Waals surface area contributed by atoms with Crippen LogP contribution in [0, 0.1) is 13.8 Å². The molecule has 6 heteroatoms. The van der Waals surface area contributed by atoms with Crippen LogP contribution in [0.3, 0.4) is 0 Å². The van der Waals surface area contributed by atoms with Gasteiger partial charge in [-0.2, -0.15) is 0 Å². The first-order valence-corrected chi connectivity index (χ1v) is 9.70. The standard InChI is InChI=1S/C23H18ClN3O2/c1-13-7-10-20(14(2)11-13)27-21(28)16-5-3-4-6-18(16)26-23(27)17-12-15(24)8-9-19(17)25-22(23)29/h3-12,26H,1-2H3,(H,25,29). The summed E-state index contributed by atoms with van der Waals surface area (Å²) in [6, 6.07) is 18.3. The van der Waals surface area contributed by atoms with Crippen LogP contribution in [-0.2, 0) is 10.5 Å². The maximum absolute atomic E-state index is 13.7. The monoisotopic (exact) mass is 403 g/mol. The molecular weight excluding hydrogens is 386 g/mol. The number of amides is 2. The van der Waals surface area contributed by atoms with Gasteiger partial charge < -0.3 is 10.6 Å². The van der Waals surface area contributed by atoms with Crippen LogP contribution in [0.15, 0.2) is 60.7 Å². The molecule has 0 saturated carbocycles. The van der Waals surface area contributed by atoms with Gasteiger partial charge >= 0.3 is 0 Å². The number of carbonyl (C=O) groups excluding carboxylic acids is 2. The molecule has 5 rings (SSSR count). The molecule has 1 unspecified atom stereocenters. The molecule has 2 heterocycles. The van der Waals surface area contributed by atoms with Gasteiger partial charge in [0.15, 0.2) is 0 Å². The number of anilines is 3. The third-order valence-electron chi connectivity index (χ3n) is 5.55. The molecule has 144 valence electrons. The fourth-order valence-corrected chi connectivity index (χ4v) is 4.43. The van der Waals surface area contributed by atoms with Gasteiger partial charge in [-0.15, -0.1) is 0 Å².